The van der Waals surface area contributed by atoms with E-state index in [0.717, 1.165) is 54.8 Å². The molecule has 0 aromatic rings. The Morgan fingerprint density at radius 1 is 0.397 bits per heavy atom. The predicted molar refractivity (Wildman–Crippen MR) is 270 cm³/mol. The van der Waals surface area contributed by atoms with Crippen molar-refractivity contribution >= 4 is 0 Å². The quantitative estimate of drug-likeness (QED) is 0.0288. The molecule has 406 valence electrons. The van der Waals surface area contributed by atoms with Gasteiger partial charge in [0.15, 0.2) is 12.6 Å². The maximum atomic E-state index is 11.2. The molecule has 0 saturated carbocycles. The van der Waals surface area contributed by atoms with E-state index in [1.54, 1.807) is 0 Å². The zero-order valence-corrected chi connectivity index (χ0v) is 44.9. The van der Waals surface area contributed by atoms with Gasteiger partial charge in [-0.2, -0.15) is 0 Å². The Hall–Kier alpha value is -0.520. The van der Waals surface area contributed by atoms with Crippen molar-refractivity contribution in [3.63, 3.8) is 0 Å². The third-order valence-corrected chi connectivity index (χ3v) is 15.0. The summed E-state index contributed by atoms with van der Waals surface area (Å²) >= 11 is 0. The Balaban J connectivity index is 1.87. The summed E-state index contributed by atoms with van der Waals surface area (Å²) in [5.41, 5.74) is 0. The second-order valence-corrected chi connectivity index (χ2v) is 23.0. The summed E-state index contributed by atoms with van der Waals surface area (Å²) < 4.78 is 35.7. The summed E-state index contributed by atoms with van der Waals surface area (Å²) in [6, 6.07) is 0. The molecule has 0 bridgehead atoms. The summed E-state index contributed by atoms with van der Waals surface area (Å²) in [7, 11) is 0. The van der Waals surface area contributed by atoms with Gasteiger partial charge < -0.3 is 64.2 Å². The van der Waals surface area contributed by atoms with Gasteiger partial charge in [-0.3, -0.25) is 0 Å². The van der Waals surface area contributed by atoms with E-state index in [9.17, 15) is 35.7 Å². The first-order chi connectivity index (χ1) is 32.4. The van der Waals surface area contributed by atoms with Crippen LogP contribution in [-0.4, -0.2) is 143 Å². The van der Waals surface area contributed by atoms with Crippen molar-refractivity contribution in [1.82, 2.24) is 0 Å². The van der Waals surface area contributed by atoms with Gasteiger partial charge in [0.25, 0.3) is 0 Å². The van der Waals surface area contributed by atoms with E-state index in [-0.39, 0.29) is 13.2 Å². The maximum absolute atomic E-state index is 11.2. The monoisotopic (exact) mass is 977 g/mol. The van der Waals surface area contributed by atoms with Crippen LogP contribution in [0.2, 0.25) is 0 Å². The topological polar surface area (TPSA) is 197 Å². The maximum Gasteiger partial charge on any atom is 0.187 e. The molecule has 0 aromatic carbocycles. The first-order valence-corrected chi connectivity index (χ1v) is 27.8. The van der Waals surface area contributed by atoms with E-state index in [2.05, 4.69) is 69.2 Å². The molecule has 2 aliphatic rings. The third kappa shape index (κ3) is 26.4. The van der Waals surface area contributed by atoms with Crippen molar-refractivity contribution < 1.29 is 64.2 Å². The molecule has 68 heavy (non-hydrogen) atoms. The summed E-state index contributed by atoms with van der Waals surface area (Å²) in [4.78, 5) is 0. The van der Waals surface area contributed by atoms with Crippen molar-refractivity contribution in [3.05, 3.63) is 0 Å². The first-order valence-electron chi connectivity index (χ1n) is 27.8. The van der Waals surface area contributed by atoms with Gasteiger partial charge in [0.05, 0.1) is 26.4 Å². The van der Waals surface area contributed by atoms with Gasteiger partial charge in [-0.15, -0.1) is 0 Å². The Morgan fingerprint density at radius 3 is 1.21 bits per heavy atom. The van der Waals surface area contributed by atoms with Crippen molar-refractivity contribution in [2.24, 2.45) is 47.3 Å². The number of rotatable bonds is 40. The van der Waals surface area contributed by atoms with Gasteiger partial charge in [0, 0.05) is 13.2 Å². The molecule has 13 heteroatoms. The van der Waals surface area contributed by atoms with Crippen LogP contribution < -0.4 is 0 Å². The highest BCUT2D eigenvalue weighted by Crippen LogP contribution is 2.31. The molecular weight excluding hydrogens is 869 g/mol. The Bertz CT molecular complexity index is 1190. The molecule has 17 atom stereocenters. The van der Waals surface area contributed by atoms with Gasteiger partial charge in [-0.25, -0.2) is 0 Å². The highest BCUT2D eigenvalue weighted by atomic mass is 16.7. The molecule has 2 fully saturated rings. The number of hydrogen-bond donors (Lipinski definition) is 7. The Kier molecular flexibility index (Phi) is 34.1. The lowest BCUT2D eigenvalue weighted by Crippen LogP contribution is -2.64. The van der Waals surface area contributed by atoms with Gasteiger partial charge in [0.1, 0.15) is 54.9 Å². The van der Waals surface area contributed by atoms with Crippen molar-refractivity contribution in [1.29, 1.82) is 0 Å². The molecule has 0 amide bonds. The van der Waals surface area contributed by atoms with Crippen molar-refractivity contribution in [3.8, 4) is 0 Å². The SMILES string of the molecule is CC(C)CCC[C@@H](C)CCC[C@@H](C)CCC[C@@H](C)CCOC[C@@H](CO[C@@H]1O[C@H](CO)[C@@H](O[C@@H]2O[C@H](CO)[C@@H](O)[C@H](O)[C@H]2O)[C@H](O)[C@H]1O)OCC[C@H](C)CCC[C@H](C)CCC[C@H](C)CCCC(C)C. The predicted octanol–water partition coefficient (Wildman–Crippen LogP) is 8.96. The fraction of sp³-hybridized carbons (Fsp3) is 1.00. The molecular formula is C55H108O13. The fourth-order valence-electron chi connectivity index (χ4n) is 9.85. The number of hydrogen-bond acceptors (Lipinski definition) is 13. The molecule has 2 saturated heterocycles. The molecule has 0 radical (unpaired) electrons. The number of aliphatic hydroxyl groups excluding tert-OH is 7. The largest absolute Gasteiger partial charge is 0.394 e. The second-order valence-electron chi connectivity index (χ2n) is 23.0. The van der Waals surface area contributed by atoms with Gasteiger partial charge in [-0.1, -0.05) is 185 Å². The van der Waals surface area contributed by atoms with E-state index in [4.69, 9.17) is 28.4 Å². The minimum absolute atomic E-state index is 0.00274. The summed E-state index contributed by atoms with van der Waals surface area (Å²) in [5, 5.41) is 73.0. The fourth-order valence-corrected chi connectivity index (χ4v) is 9.85. The smallest absolute Gasteiger partial charge is 0.187 e. The van der Waals surface area contributed by atoms with Gasteiger partial charge in [-0.05, 0) is 60.2 Å². The molecule has 0 aromatic heterocycles. The zero-order valence-electron chi connectivity index (χ0n) is 44.9. The van der Waals surface area contributed by atoms with Crippen LogP contribution in [0.5, 0.6) is 0 Å². The van der Waals surface area contributed by atoms with E-state index in [0.29, 0.717) is 25.0 Å². The molecule has 2 heterocycles. The van der Waals surface area contributed by atoms with Crippen LogP contribution in [0.4, 0.5) is 0 Å². The van der Waals surface area contributed by atoms with Crippen LogP contribution in [0.3, 0.4) is 0 Å². The Morgan fingerprint density at radius 2 is 0.779 bits per heavy atom. The van der Waals surface area contributed by atoms with Crippen LogP contribution in [-0.2, 0) is 28.4 Å². The molecule has 0 spiro atoms. The van der Waals surface area contributed by atoms with E-state index in [1.807, 2.05) is 0 Å². The van der Waals surface area contributed by atoms with E-state index >= 15 is 0 Å². The van der Waals surface area contributed by atoms with Gasteiger partial charge >= 0.3 is 0 Å². The van der Waals surface area contributed by atoms with Crippen LogP contribution in [0.25, 0.3) is 0 Å². The second kappa shape index (κ2) is 36.4. The third-order valence-electron chi connectivity index (χ3n) is 15.0. The summed E-state index contributed by atoms with van der Waals surface area (Å²) in [6.45, 7) is 23.5. The highest BCUT2D eigenvalue weighted by molar-refractivity contribution is 4.94. The van der Waals surface area contributed by atoms with Crippen molar-refractivity contribution in [2.45, 2.75) is 265 Å². The van der Waals surface area contributed by atoms with Crippen LogP contribution in [0.1, 0.15) is 198 Å². The molecule has 2 rings (SSSR count). The lowest BCUT2D eigenvalue weighted by atomic mass is 9.91. The van der Waals surface area contributed by atoms with Crippen molar-refractivity contribution in [2.75, 3.05) is 39.6 Å². The van der Waals surface area contributed by atoms with Crippen LogP contribution >= 0.6 is 0 Å². The first kappa shape index (κ1) is 63.6. The molecule has 0 aliphatic carbocycles. The number of aliphatic hydroxyl groups is 7. The van der Waals surface area contributed by atoms with Crippen LogP contribution in [0.15, 0.2) is 0 Å². The molecule has 2 aliphatic heterocycles. The lowest BCUT2D eigenvalue weighted by molar-refractivity contribution is -0.360. The van der Waals surface area contributed by atoms with Crippen LogP contribution in [0, 0.1) is 47.3 Å². The minimum Gasteiger partial charge on any atom is -0.394 e. The van der Waals surface area contributed by atoms with E-state index in [1.165, 1.54) is 109 Å². The average Bonchev–Trinajstić information content (AvgIpc) is 3.28. The van der Waals surface area contributed by atoms with Gasteiger partial charge in [0.2, 0.25) is 0 Å². The summed E-state index contributed by atoms with van der Waals surface area (Å²) in [5.74, 6) is 5.74. The molecule has 13 nitrogen and oxygen atoms in total. The summed E-state index contributed by atoms with van der Waals surface area (Å²) in [6.07, 6.45) is 9.40. The average molecular weight is 977 g/mol. The standard InChI is InChI=1S/C55H108O13/c1-37(2)17-11-19-39(5)21-13-23-41(7)25-15-27-43(9)29-31-63-35-45(64-32-30-44(10)28-16-26-42(8)24-14-22-40(6)20-12-18-38(3)4)36-65-54-52(62)50(60)53(47(34-57)67-54)68-55-51(61)49(59)48(58)46(33-56)66-55/h37-62H,11-36H2,1-10H3/t39-,40-,41-,42-,43-,44-,45+,46-,47-,48-,49+,50-,51-,52-,53-,54-,55+/m1/s1. The normalized spacial score (nSPS) is 29.0. The lowest BCUT2D eigenvalue weighted by Gasteiger charge is -2.46. The minimum atomic E-state index is -1.74. The molecule has 0 unspecified atom stereocenters. The zero-order chi connectivity index (χ0) is 50.6. The Labute approximate surface area is 415 Å². The highest BCUT2D eigenvalue weighted by Gasteiger charge is 2.51. The number of ether oxygens (including phenoxy) is 6. The van der Waals surface area contributed by atoms with E-state index < -0.39 is 80.7 Å². The molecule has 7 N–H and O–H groups in total.